The van der Waals surface area contributed by atoms with E-state index in [1.165, 1.54) is 12.1 Å². The summed E-state index contributed by atoms with van der Waals surface area (Å²) in [6.45, 7) is 1.59. The Hall–Kier alpha value is -3.71. The summed E-state index contributed by atoms with van der Waals surface area (Å²) in [5, 5.41) is 3.00. The van der Waals surface area contributed by atoms with E-state index in [4.69, 9.17) is 4.42 Å². The summed E-state index contributed by atoms with van der Waals surface area (Å²) >= 11 is 0. The molecule has 1 unspecified atom stereocenters. The number of likely N-dealkylation sites (tertiary alicyclic amines) is 1. The molecule has 34 heavy (non-hydrogen) atoms. The van der Waals surface area contributed by atoms with Crippen LogP contribution in [0.2, 0.25) is 0 Å². The molecule has 0 bridgehead atoms. The number of amides is 1. The second-order valence-electron chi connectivity index (χ2n) is 8.84. The van der Waals surface area contributed by atoms with Crippen LogP contribution in [0.3, 0.4) is 0 Å². The number of rotatable bonds is 6. The van der Waals surface area contributed by atoms with Gasteiger partial charge in [0.05, 0.1) is 5.52 Å². The number of H-pyrrole nitrogens is 1. The minimum absolute atomic E-state index is 0.125. The van der Waals surface area contributed by atoms with E-state index in [0.717, 1.165) is 43.5 Å². The second kappa shape index (κ2) is 9.65. The molecule has 7 heteroatoms. The van der Waals surface area contributed by atoms with Crippen LogP contribution in [0.1, 0.15) is 30.0 Å². The zero-order valence-corrected chi connectivity index (χ0v) is 18.7. The van der Waals surface area contributed by atoms with Crippen molar-refractivity contribution in [1.82, 2.24) is 9.88 Å². The average Bonchev–Trinajstić information content (AvgIpc) is 3.22. The summed E-state index contributed by atoms with van der Waals surface area (Å²) < 4.78 is 18.3. The first-order chi connectivity index (χ1) is 16.5. The van der Waals surface area contributed by atoms with E-state index in [1.807, 2.05) is 42.5 Å². The molecule has 1 aliphatic heterocycles. The first-order valence-corrected chi connectivity index (χ1v) is 11.5. The van der Waals surface area contributed by atoms with Crippen molar-refractivity contribution in [2.45, 2.75) is 25.3 Å². The molecular weight excluding hydrogens is 433 g/mol. The van der Waals surface area contributed by atoms with Crippen LogP contribution in [0.5, 0.6) is 0 Å². The number of fused-ring (bicyclic) bond motifs is 1. The largest absolute Gasteiger partial charge is 0.417 e. The lowest BCUT2D eigenvalue weighted by Gasteiger charge is -2.37. The maximum absolute atomic E-state index is 13.5. The molecule has 1 aromatic heterocycles. The summed E-state index contributed by atoms with van der Waals surface area (Å²) in [5.41, 5.74) is 3.65. The second-order valence-corrected chi connectivity index (χ2v) is 8.84. The van der Waals surface area contributed by atoms with E-state index >= 15 is 0 Å². The highest BCUT2D eigenvalue weighted by atomic mass is 19.1. The molecule has 2 N–H and O–H groups in total. The maximum Gasteiger partial charge on any atom is 0.417 e. The van der Waals surface area contributed by atoms with Crippen LogP contribution in [0.25, 0.3) is 11.1 Å². The Labute approximate surface area is 196 Å². The number of carbonyl (C=O) groups excluding carboxylic acids is 1. The number of nitrogens with zero attached hydrogens (tertiary/aromatic N) is 1. The van der Waals surface area contributed by atoms with E-state index in [2.05, 4.69) is 15.2 Å². The van der Waals surface area contributed by atoms with Crippen molar-refractivity contribution in [3.63, 3.8) is 0 Å². The van der Waals surface area contributed by atoms with Crippen LogP contribution >= 0.6 is 0 Å². The van der Waals surface area contributed by atoms with Gasteiger partial charge in [0.1, 0.15) is 11.9 Å². The van der Waals surface area contributed by atoms with Gasteiger partial charge in [-0.25, -0.2) is 9.18 Å². The molecule has 5 rings (SSSR count). The fraction of sp³-hybridized carbons (Fsp3) is 0.259. The van der Waals surface area contributed by atoms with Crippen LogP contribution in [0.4, 0.5) is 10.1 Å². The molecule has 1 fully saturated rings. The van der Waals surface area contributed by atoms with E-state index in [9.17, 15) is 14.0 Å². The normalized spacial score (nSPS) is 15.9. The van der Waals surface area contributed by atoms with Gasteiger partial charge < -0.3 is 9.73 Å². The number of nitrogens with one attached hydrogen (secondary N) is 2. The number of aromatic amines is 1. The summed E-state index contributed by atoms with van der Waals surface area (Å²) in [7, 11) is 0. The Kier molecular flexibility index (Phi) is 6.27. The molecule has 3 aromatic carbocycles. The fourth-order valence-corrected chi connectivity index (χ4v) is 4.77. The molecule has 2 heterocycles. The Balaban J connectivity index is 1.30. The lowest BCUT2D eigenvalue weighted by atomic mass is 9.89. The SMILES string of the molecule is O=C(Nc1ccc2[nH]c(=O)oc2c1)C(c1ccccc1)N1CCC(Cc2ccc(F)cc2)CC1. The summed E-state index contributed by atoms with van der Waals surface area (Å²) in [4.78, 5) is 29.7. The number of hydrogen-bond donors (Lipinski definition) is 2. The average molecular weight is 460 g/mol. The monoisotopic (exact) mass is 459 g/mol. The van der Waals surface area contributed by atoms with Gasteiger partial charge >= 0.3 is 5.76 Å². The number of anilines is 1. The fourth-order valence-electron chi connectivity index (χ4n) is 4.77. The van der Waals surface area contributed by atoms with Gasteiger partial charge in [0.15, 0.2) is 5.58 Å². The van der Waals surface area contributed by atoms with Crippen molar-refractivity contribution in [3.05, 3.63) is 100 Å². The zero-order valence-electron chi connectivity index (χ0n) is 18.7. The van der Waals surface area contributed by atoms with Crippen LogP contribution in [0, 0.1) is 11.7 Å². The molecule has 6 nitrogen and oxygen atoms in total. The molecule has 1 aliphatic rings. The van der Waals surface area contributed by atoms with E-state index in [0.29, 0.717) is 22.7 Å². The first-order valence-electron chi connectivity index (χ1n) is 11.5. The minimum atomic E-state index is -0.524. The number of oxazole rings is 1. The molecule has 0 spiro atoms. The van der Waals surface area contributed by atoms with Crippen LogP contribution in [-0.4, -0.2) is 28.9 Å². The Morgan fingerprint density at radius 3 is 2.53 bits per heavy atom. The third kappa shape index (κ3) is 4.94. The molecule has 0 saturated carbocycles. The van der Waals surface area contributed by atoms with Gasteiger partial charge in [-0.15, -0.1) is 0 Å². The van der Waals surface area contributed by atoms with Crippen LogP contribution < -0.4 is 11.1 Å². The predicted molar refractivity (Wildman–Crippen MR) is 129 cm³/mol. The third-order valence-corrected chi connectivity index (χ3v) is 6.50. The van der Waals surface area contributed by atoms with Gasteiger partial charge in [-0.1, -0.05) is 42.5 Å². The number of hydrogen-bond acceptors (Lipinski definition) is 4. The Morgan fingerprint density at radius 2 is 1.79 bits per heavy atom. The van der Waals surface area contributed by atoms with Crippen molar-refractivity contribution < 1.29 is 13.6 Å². The topological polar surface area (TPSA) is 78.3 Å². The Bertz CT molecular complexity index is 1320. The summed E-state index contributed by atoms with van der Waals surface area (Å²) in [6, 6.07) is 21.2. The highest BCUT2D eigenvalue weighted by Gasteiger charge is 2.31. The standard InChI is InChI=1S/C27H26FN3O3/c28-21-8-6-18(7-9-21)16-19-12-14-31(15-13-19)25(20-4-2-1-3-5-20)26(32)29-22-10-11-23-24(17-22)34-27(33)30-23/h1-11,17,19,25H,12-16H2,(H,29,32)(H,30,33). The van der Waals surface area contributed by atoms with Gasteiger partial charge in [0, 0.05) is 11.8 Å². The van der Waals surface area contributed by atoms with Gasteiger partial charge in [-0.2, -0.15) is 0 Å². The molecular formula is C27H26FN3O3. The number of halogens is 1. The van der Waals surface area contributed by atoms with E-state index in [-0.39, 0.29) is 11.7 Å². The quantitative estimate of drug-likeness (QED) is 0.430. The molecule has 1 atom stereocenters. The van der Waals surface area contributed by atoms with Gasteiger partial charge in [0.25, 0.3) is 0 Å². The number of aromatic nitrogens is 1. The summed E-state index contributed by atoms with van der Waals surface area (Å²) in [6.07, 6.45) is 2.85. The molecule has 174 valence electrons. The van der Waals surface area contributed by atoms with Crippen molar-refractivity contribution in [2.75, 3.05) is 18.4 Å². The molecule has 1 amide bonds. The Morgan fingerprint density at radius 1 is 1.06 bits per heavy atom. The highest BCUT2D eigenvalue weighted by Crippen LogP contribution is 2.30. The van der Waals surface area contributed by atoms with Gasteiger partial charge in [-0.05, 0) is 73.7 Å². The molecule has 0 radical (unpaired) electrons. The lowest BCUT2D eigenvalue weighted by Crippen LogP contribution is -2.42. The molecule has 1 saturated heterocycles. The summed E-state index contributed by atoms with van der Waals surface area (Å²) in [5.74, 6) is -0.363. The number of benzene rings is 3. The highest BCUT2D eigenvalue weighted by molar-refractivity contribution is 5.96. The van der Waals surface area contributed by atoms with Crippen molar-refractivity contribution in [2.24, 2.45) is 5.92 Å². The van der Waals surface area contributed by atoms with Gasteiger partial charge in [0.2, 0.25) is 5.91 Å². The van der Waals surface area contributed by atoms with E-state index in [1.54, 1.807) is 18.2 Å². The number of piperidine rings is 1. The molecule has 0 aliphatic carbocycles. The smallest absolute Gasteiger partial charge is 0.408 e. The number of carbonyl (C=O) groups is 1. The van der Waals surface area contributed by atoms with Crippen molar-refractivity contribution in [3.8, 4) is 0 Å². The third-order valence-electron chi connectivity index (χ3n) is 6.50. The maximum atomic E-state index is 13.5. The molecule has 4 aromatic rings. The van der Waals surface area contributed by atoms with E-state index < -0.39 is 11.8 Å². The van der Waals surface area contributed by atoms with Gasteiger partial charge in [-0.3, -0.25) is 14.7 Å². The van der Waals surface area contributed by atoms with Crippen LogP contribution in [-0.2, 0) is 11.2 Å². The minimum Gasteiger partial charge on any atom is -0.408 e. The van der Waals surface area contributed by atoms with Crippen molar-refractivity contribution in [1.29, 1.82) is 0 Å². The van der Waals surface area contributed by atoms with Crippen molar-refractivity contribution >= 4 is 22.7 Å². The first kappa shape index (κ1) is 22.1. The zero-order chi connectivity index (χ0) is 23.5. The lowest BCUT2D eigenvalue weighted by molar-refractivity contribution is -0.122. The predicted octanol–water partition coefficient (Wildman–Crippen LogP) is 4.89. The van der Waals surface area contributed by atoms with Crippen LogP contribution in [0.15, 0.2) is 82.0 Å².